The fourth-order valence-corrected chi connectivity index (χ4v) is 1.85. The van der Waals surface area contributed by atoms with Gasteiger partial charge in [0.25, 0.3) is 5.91 Å². The molecule has 4 heteroatoms. The third-order valence-electron chi connectivity index (χ3n) is 2.88. The van der Waals surface area contributed by atoms with Crippen LogP contribution in [0.4, 0.5) is 0 Å². The minimum Gasteiger partial charge on any atom is -0.378 e. The van der Waals surface area contributed by atoms with Crippen LogP contribution in [0, 0.1) is 0 Å². The van der Waals surface area contributed by atoms with Crippen LogP contribution in [-0.4, -0.2) is 23.1 Å². The Kier molecular flexibility index (Phi) is 3.22. The van der Waals surface area contributed by atoms with Crippen LogP contribution in [-0.2, 0) is 4.79 Å². The van der Waals surface area contributed by atoms with E-state index in [-0.39, 0.29) is 18.0 Å². The predicted molar refractivity (Wildman–Crippen MR) is 60.5 cm³/mol. The van der Waals surface area contributed by atoms with Crippen LogP contribution in [0.25, 0.3) is 0 Å². The lowest BCUT2D eigenvalue weighted by Gasteiger charge is -2.33. The average Bonchev–Trinajstić information content (AvgIpc) is 2.27. The number of rotatable bonds is 3. The van der Waals surface area contributed by atoms with Crippen LogP contribution >= 0.6 is 0 Å². The zero-order chi connectivity index (χ0) is 11.5. The van der Waals surface area contributed by atoms with Gasteiger partial charge in [0, 0.05) is 12.1 Å². The molecule has 1 fully saturated rings. The minimum atomic E-state index is -1.09. The number of hydrogen-bond donors (Lipinski definition) is 3. The van der Waals surface area contributed by atoms with Gasteiger partial charge >= 0.3 is 0 Å². The Morgan fingerprint density at radius 3 is 2.56 bits per heavy atom. The lowest BCUT2D eigenvalue weighted by Crippen LogP contribution is -2.51. The predicted octanol–water partition coefficient (Wildman–Crippen LogP) is 0.326. The Morgan fingerprint density at radius 1 is 1.38 bits per heavy atom. The van der Waals surface area contributed by atoms with Gasteiger partial charge < -0.3 is 16.2 Å². The third-order valence-corrected chi connectivity index (χ3v) is 2.88. The van der Waals surface area contributed by atoms with E-state index in [0.29, 0.717) is 5.56 Å². The smallest absolute Gasteiger partial charge is 0.253 e. The zero-order valence-corrected chi connectivity index (χ0v) is 8.97. The Balaban J connectivity index is 1.90. The number of aliphatic hydroxyl groups excluding tert-OH is 1. The summed E-state index contributed by atoms with van der Waals surface area (Å²) in [7, 11) is 0. The van der Waals surface area contributed by atoms with Gasteiger partial charge in [0.05, 0.1) is 0 Å². The monoisotopic (exact) mass is 220 g/mol. The van der Waals surface area contributed by atoms with Crippen molar-refractivity contribution in [2.24, 2.45) is 5.73 Å². The highest BCUT2D eigenvalue weighted by molar-refractivity contribution is 5.82. The summed E-state index contributed by atoms with van der Waals surface area (Å²) in [5, 5.41) is 12.6. The standard InChI is InChI=1S/C12H16N2O2/c13-9-6-10(7-9)14-12(16)11(15)8-4-2-1-3-5-8/h1-5,9-11,15H,6-7,13H2,(H,14,16). The van der Waals surface area contributed by atoms with Crippen molar-refractivity contribution in [1.82, 2.24) is 5.32 Å². The van der Waals surface area contributed by atoms with Gasteiger partial charge in [-0.3, -0.25) is 4.79 Å². The summed E-state index contributed by atoms with van der Waals surface area (Å²) < 4.78 is 0. The molecular formula is C12H16N2O2. The first-order valence-corrected chi connectivity index (χ1v) is 5.46. The molecular weight excluding hydrogens is 204 g/mol. The van der Waals surface area contributed by atoms with Crippen molar-refractivity contribution >= 4 is 5.91 Å². The fraction of sp³-hybridized carbons (Fsp3) is 0.417. The Morgan fingerprint density at radius 2 is 2.00 bits per heavy atom. The first-order chi connectivity index (χ1) is 7.66. The van der Waals surface area contributed by atoms with Gasteiger partial charge in [0.15, 0.2) is 6.10 Å². The van der Waals surface area contributed by atoms with Gasteiger partial charge in [-0.2, -0.15) is 0 Å². The van der Waals surface area contributed by atoms with E-state index in [2.05, 4.69) is 5.32 Å². The van der Waals surface area contributed by atoms with E-state index in [0.717, 1.165) is 12.8 Å². The maximum atomic E-state index is 11.7. The molecule has 0 radical (unpaired) electrons. The Bertz CT molecular complexity index is 361. The highest BCUT2D eigenvalue weighted by Gasteiger charge is 2.29. The highest BCUT2D eigenvalue weighted by atomic mass is 16.3. The molecule has 1 unspecified atom stereocenters. The van der Waals surface area contributed by atoms with Gasteiger partial charge in [-0.1, -0.05) is 30.3 Å². The number of benzene rings is 1. The second kappa shape index (κ2) is 4.63. The maximum absolute atomic E-state index is 11.7. The first-order valence-electron chi connectivity index (χ1n) is 5.46. The zero-order valence-electron chi connectivity index (χ0n) is 8.97. The van der Waals surface area contributed by atoms with Crippen LogP contribution < -0.4 is 11.1 Å². The van der Waals surface area contributed by atoms with E-state index in [9.17, 15) is 9.90 Å². The van der Waals surface area contributed by atoms with Crippen molar-refractivity contribution < 1.29 is 9.90 Å². The molecule has 1 aromatic rings. The Labute approximate surface area is 94.5 Å². The van der Waals surface area contributed by atoms with Gasteiger partial charge in [0.1, 0.15) is 0 Å². The summed E-state index contributed by atoms with van der Waals surface area (Å²) in [6.45, 7) is 0. The molecule has 1 atom stereocenters. The lowest BCUT2D eigenvalue weighted by atomic mass is 9.87. The molecule has 0 aromatic heterocycles. The van der Waals surface area contributed by atoms with E-state index in [4.69, 9.17) is 5.73 Å². The summed E-state index contributed by atoms with van der Waals surface area (Å²) in [4.78, 5) is 11.7. The van der Waals surface area contributed by atoms with E-state index in [1.807, 2.05) is 6.07 Å². The number of nitrogens with two attached hydrogens (primary N) is 1. The molecule has 1 saturated carbocycles. The molecule has 86 valence electrons. The van der Waals surface area contributed by atoms with Gasteiger partial charge in [-0.15, -0.1) is 0 Å². The molecule has 1 aliphatic rings. The molecule has 0 aliphatic heterocycles. The Hall–Kier alpha value is -1.39. The molecule has 2 rings (SSSR count). The summed E-state index contributed by atoms with van der Waals surface area (Å²) in [6, 6.07) is 9.23. The van der Waals surface area contributed by atoms with Crippen molar-refractivity contribution in [3.8, 4) is 0 Å². The lowest BCUT2D eigenvalue weighted by molar-refractivity contribution is -0.131. The van der Waals surface area contributed by atoms with E-state index < -0.39 is 6.10 Å². The molecule has 16 heavy (non-hydrogen) atoms. The molecule has 0 heterocycles. The van der Waals surface area contributed by atoms with Crippen molar-refractivity contribution in [2.75, 3.05) is 0 Å². The molecule has 4 nitrogen and oxygen atoms in total. The quantitative estimate of drug-likeness (QED) is 0.687. The summed E-state index contributed by atoms with van der Waals surface area (Å²) >= 11 is 0. The molecule has 1 aliphatic carbocycles. The van der Waals surface area contributed by atoms with Gasteiger partial charge in [-0.05, 0) is 18.4 Å². The van der Waals surface area contributed by atoms with Crippen molar-refractivity contribution in [3.63, 3.8) is 0 Å². The summed E-state index contributed by atoms with van der Waals surface area (Å²) in [6.07, 6.45) is 0.513. The molecule has 0 saturated heterocycles. The second-order valence-electron chi connectivity index (χ2n) is 4.25. The largest absolute Gasteiger partial charge is 0.378 e. The van der Waals surface area contributed by atoms with Gasteiger partial charge in [-0.25, -0.2) is 0 Å². The fourth-order valence-electron chi connectivity index (χ4n) is 1.85. The number of aliphatic hydroxyl groups is 1. The SMILES string of the molecule is NC1CC(NC(=O)C(O)c2ccccc2)C1. The first kappa shape index (κ1) is 11.1. The van der Waals surface area contributed by atoms with Crippen molar-refractivity contribution in [1.29, 1.82) is 0 Å². The van der Waals surface area contributed by atoms with E-state index >= 15 is 0 Å². The molecule has 4 N–H and O–H groups in total. The topological polar surface area (TPSA) is 75.3 Å². The summed E-state index contributed by atoms with van der Waals surface area (Å²) in [5.74, 6) is -0.344. The molecule has 1 aromatic carbocycles. The number of amides is 1. The maximum Gasteiger partial charge on any atom is 0.253 e. The van der Waals surface area contributed by atoms with Crippen molar-refractivity contribution in [2.45, 2.75) is 31.0 Å². The molecule has 0 spiro atoms. The van der Waals surface area contributed by atoms with E-state index in [1.54, 1.807) is 24.3 Å². The van der Waals surface area contributed by atoms with Gasteiger partial charge in [0.2, 0.25) is 0 Å². The van der Waals surface area contributed by atoms with Crippen molar-refractivity contribution in [3.05, 3.63) is 35.9 Å². The number of nitrogens with one attached hydrogen (secondary N) is 1. The number of carbonyl (C=O) groups is 1. The van der Waals surface area contributed by atoms with Crippen LogP contribution in [0.3, 0.4) is 0 Å². The van der Waals surface area contributed by atoms with Crippen LogP contribution in [0.5, 0.6) is 0 Å². The summed E-state index contributed by atoms with van der Waals surface area (Å²) in [5.41, 5.74) is 6.23. The third kappa shape index (κ3) is 2.40. The molecule has 1 amide bonds. The van der Waals surface area contributed by atoms with Crippen LogP contribution in [0.15, 0.2) is 30.3 Å². The number of carbonyl (C=O) groups excluding carboxylic acids is 1. The van der Waals surface area contributed by atoms with Crippen LogP contribution in [0.2, 0.25) is 0 Å². The average molecular weight is 220 g/mol. The number of hydrogen-bond acceptors (Lipinski definition) is 3. The normalized spacial score (nSPS) is 25.6. The van der Waals surface area contributed by atoms with Crippen LogP contribution in [0.1, 0.15) is 24.5 Å². The highest BCUT2D eigenvalue weighted by Crippen LogP contribution is 2.19. The van der Waals surface area contributed by atoms with E-state index in [1.165, 1.54) is 0 Å². The molecule has 0 bridgehead atoms. The minimum absolute atomic E-state index is 0.126. The second-order valence-corrected chi connectivity index (χ2v) is 4.25.